The quantitative estimate of drug-likeness (QED) is 0.638. The maximum absolute atomic E-state index is 12.5. The summed E-state index contributed by atoms with van der Waals surface area (Å²) < 4.78 is 42.4. The van der Waals surface area contributed by atoms with Crippen molar-refractivity contribution in [2.45, 2.75) is 12.6 Å². The Morgan fingerprint density at radius 2 is 1.85 bits per heavy atom. The fraction of sp³-hybridized carbons (Fsp3) is 0.294. The molecule has 0 aliphatic rings. The Morgan fingerprint density at radius 1 is 1.19 bits per heavy atom. The number of carbonyl (C=O) groups excluding carboxylic acids is 1. The molecule has 1 aromatic carbocycles. The van der Waals surface area contributed by atoms with Crippen molar-refractivity contribution < 1.29 is 22.7 Å². The van der Waals surface area contributed by atoms with Crippen LogP contribution in [0.5, 0.6) is 5.75 Å². The lowest BCUT2D eigenvalue weighted by Gasteiger charge is -2.10. The number of hydrogen-bond donors (Lipinski definition) is 2. The second kappa shape index (κ2) is 9.14. The van der Waals surface area contributed by atoms with Crippen LogP contribution < -0.4 is 15.4 Å². The molecule has 0 fully saturated rings. The summed E-state index contributed by atoms with van der Waals surface area (Å²) in [7, 11) is 1.42. The van der Waals surface area contributed by atoms with E-state index in [1.165, 1.54) is 25.3 Å². The van der Waals surface area contributed by atoms with Gasteiger partial charge in [-0.05, 0) is 30.7 Å². The second-order valence-corrected chi connectivity index (χ2v) is 6.25. The molecule has 0 atom stereocenters. The van der Waals surface area contributed by atoms with E-state index >= 15 is 0 Å². The first-order chi connectivity index (χ1) is 12.7. The van der Waals surface area contributed by atoms with E-state index in [4.69, 9.17) is 27.9 Å². The van der Waals surface area contributed by atoms with Gasteiger partial charge in [0, 0.05) is 24.8 Å². The molecule has 10 heteroatoms. The van der Waals surface area contributed by atoms with Crippen LogP contribution in [0.15, 0.2) is 30.5 Å². The maximum atomic E-state index is 12.5. The molecule has 1 heterocycles. The Balaban J connectivity index is 1.78. The predicted octanol–water partition coefficient (Wildman–Crippen LogP) is 4.65. The SMILES string of the molecule is COc1c(Cl)cc(C(=O)NCCCNc2ccc(C(F)(F)F)cn2)cc1Cl. The molecule has 2 aromatic rings. The molecule has 0 saturated carbocycles. The van der Waals surface area contributed by atoms with Crippen LogP contribution in [0.25, 0.3) is 0 Å². The van der Waals surface area contributed by atoms with Gasteiger partial charge in [-0.25, -0.2) is 4.98 Å². The average Bonchev–Trinajstić information content (AvgIpc) is 2.60. The molecule has 5 nitrogen and oxygen atoms in total. The fourth-order valence-electron chi connectivity index (χ4n) is 2.16. The molecule has 1 amide bonds. The standard InChI is InChI=1S/C17H16Cl2F3N3O2/c1-27-15-12(18)7-10(8-13(15)19)16(26)24-6-2-5-23-14-4-3-11(9-25-14)17(20,21)22/h3-4,7-9H,2,5-6H2,1H3,(H,23,25)(H,24,26). The van der Waals surface area contributed by atoms with Crippen molar-refractivity contribution in [3.63, 3.8) is 0 Å². The Hall–Kier alpha value is -2.19. The molecule has 0 saturated heterocycles. The molecule has 0 bridgehead atoms. The van der Waals surface area contributed by atoms with Crippen molar-refractivity contribution in [1.82, 2.24) is 10.3 Å². The number of carbonyl (C=O) groups is 1. The zero-order valence-corrected chi connectivity index (χ0v) is 15.7. The van der Waals surface area contributed by atoms with Crippen molar-refractivity contribution in [1.29, 1.82) is 0 Å². The van der Waals surface area contributed by atoms with Gasteiger partial charge in [-0.2, -0.15) is 13.2 Å². The zero-order valence-electron chi connectivity index (χ0n) is 14.2. The number of amides is 1. The first-order valence-corrected chi connectivity index (χ1v) is 8.56. The Bertz CT molecular complexity index is 776. The second-order valence-electron chi connectivity index (χ2n) is 5.44. The monoisotopic (exact) mass is 421 g/mol. The van der Waals surface area contributed by atoms with Crippen molar-refractivity contribution in [3.05, 3.63) is 51.6 Å². The first kappa shape index (κ1) is 21.1. The third-order valence-electron chi connectivity index (χ3n) is 3.50. The molecule has 0 aliphatic heterocycles. The van der Waals surface area contributed by atoms with Gasteiger partial charge < -0.3 is 15.4 Å². The summed E-state index contributed by atoms with van der Waals surface area (Å²) in [5, 5.41) is 6.04. The van der Waals surface area contributed by atoms with Crippen molar-refractivity contribution >= 4 is 34.9 Å². The number of methoxy groups -OCH3 is 1. The van der Waals surface area contributed by atoms with Crippen LogP contribution in [0.3, 0.4) is 0 Å². The van der Waals surface area contributed by atoms with Gasteiger partial charge in [0.05, 0.1) is 22.7 Å². The third-order valence-corrected chi connectivity index (χ3v) is 4.06. The van der Waals surface area contributed by atoms with Crippen molar-refractivity contribution in [2.24, 2.45) is 0 Å². The molecule has 27 heavy (non-hydrogen) atoms. The van der Waals surface area contributed by atoms with Crippen LogP contribution in [0, 0.1) is 0 Å². The highest BCUT2D eigenvalue weighted by atomic mass is 35.5. The van der Waals surface area contributed by atoms with E-state index in [2.05, 4.69) is 15.6 Å². The van der Waals surface area contributed by atoms with Crippen LogP contribution in [-0.2, 0) is 6.18 Å². The number of alkyl halides is 3. The zero-order chi connectivity index (χ0) is 20.0. The summed E-state index contributed by atoms with van der Waals surface area (Å²) in [5.41, 5.74) is -0.514. The Labute approximate surface area is 163 Å². The summed E-state index contributed by atoms with van der Waals surface area (Å²) in [6, 6.07) is 5.11. The number of hydrogen-bond acceptors (Lipinski definition) is 4. The number of aromatic nitrogens is 1. The van der Waals surface area contributed by atoms with Crippen LogP contribution in [0.4, 0.5) is 19.0 Å². The fourth-order valence-corrected chi connectivity index (χ4v) is 2.80. The van der Waals surface area contributed by atoms with E-state index in [1.807, 2.05) is 0 Å². The van der Waals surface area contributed by atoms with Gasteiger partial charge >= 0.3 is 6.18 Å². The lowest BCUT2D eigenvalue weighted by Crippen LogP contribution is -2.26. The van der Waals surface area contributed by atoms with Crippen molar-refractivity contribution in [2.75, 3.05) is 25.5 Å². The molecular formula is C17H16Cl2F3N3O2. The Morgan fingerprint density at radius 3 is 2.37 bits per heavy atom. The minimum Gasteiger partial charge on any atom is -0.494 e. The normalized spacial score (nSPS) is 11.2. The average molecular weight is 422 g/mol. The minimum atomic E-state index is -4.41. The smallest absolute Gasteiger partial charge is 0.417 e. The molecule has 2 N–H and O–H groups in total. The van der Waals surface area contributed by atoms with Crippen LogP contribution >= 0.6 is 23.2 Å². The van der Waals surface area contributed by atoms with Gasteiger partial charge in [0.1, 0.15) is 5.82 Å². The number of pyridine rings is 1. The highest BCUT2D eigenvalue weighted by molar-refractivity contribution is 6.37. The predicted molar refractivity (Wildman–Crippen MR) is 97.7 cm³/mol. The minimum absolute atomic E-state index is 0.227. The molecule has 0 spiro atoms. The third kappa shape index (κ3) is 5.90. The first-order valence-electron chi connectivity index (χ1n) is 7.80. The molecule has 2 rings (SSSR count). The van der Waals surface area contributed by atoms with E-state index in [9.17, 15) is 18.0 Å². The molecule has 0 aliphatic carbocycles. The molecular weight excluding hydrogens is 406 g/mol. The van der Waals surface area contributed by atoms with Gasteiger partial charge in [0.15, 0.2) is 5.75 Å². The molecule has 0 unspecified atom stereocenters. The van der Waals surface area contributed by atoms with Crippen molar-refractivity contribution in [3.8, 4) is 5.75 Å². The highest BCUT2D eigenvalue weighted by Gasteiger charge is 2.30. The summed E-state index contributed by atoms with van der Waals surface area (Å²) in [5.74, 6) is 0.264. The maximum Gasteiger partial charge on any atom is 0.417 e. The van der Waals surface area contributed by atoms with Crippen LogP contribution in [0.2, 0.25) is 10.0 Å². The van der Waals surface area contributed by atoms with Gasteiger partial charge in [-0.3, -0.25) is 4.79 Å². The lowest BCUT2D eigenvalue weighted by molar-refractivity contribution is -0.137. The van der Waals surface area contributed by atoms with E-state index in [1.54, 1.807) is 0 Å². The van der Waals surface area contributed by atoms with Crippen LogP contribution in [0.1, 0.15) is 22.3 Å². The number of rotatable bonds is 7. The molecule has 1 aromatic heterocycles. The van der Waals surface area contributed by atoms with Crippen LogP contribution in [-0.4, -0.2) is 31.1 Å². The summed E-state index contributed by atoms with van der Waals surface area (Å²) in [6.07, 6.45) is -3.11. The highest BCUT2D eigenvalue weighted by Crippen LogP contribution is 2.33. The number of ether oxygens (including phenoxy) is 1. The Kier molecular flexibility index (Phi) is 7.15. The van der Waals surface area contributed by atoms with E-state index in [-0.39, 0.29) is 16.0 Å². The lowest BCUT2D eigenvalue weighted by atomic mass is 10.2. The van der Waals surface area contributed by atoms with Gasteiger partial charge in [0.25, 0.3) is 5.91 Å². The largest absolute Gasteiger partial charge is 0.494 e. The molecule has 0 radical (unpaired) electrons. The number of anilines is 1. The number of benzene rings is 1. The molecule has 146 valence electrons. The summed E-state index contributed by atoms with van der Waals surface area (Å²) in [6.45, 7) is 0.760. The van der Waals surface area contributed by atoms with Gasteiger partial charge in [-0.15, -0.1) is 0 Å². The van der Waals surface area contributed by atoms with E-state index < -0.39 is 11.7 Å². The van der Waals surface area contributed by atoms with Gasteiger partial charge in [0.2, 0.25) is 0 Å². The summed E-state index contributed by atoms with van der Waals surface area (Å²) >= 11 is 12.0. The number of halogens is 5. The number of nitrogens with one attached hydrogen (secondary N) is 2. The van der Waals surface area contributed by atoms with Gasteiger partial charge in [-0.1, -0.05) is 23.2 Å². The summed E-state index contributed by atoms with van der Waals surface area (Å²) in [4.78, 5) is 15.8. The number of nitrogens with zero attached hydrogens (tertiary/aromatic N) is 1. The van der Waals surface area contributed by atoms with E-state index in [0.717, 1.165) is 12.3 Å². The van der Waals surface area contributed by atoms with E-state index in [0.29, 0.717) is 36.6 Å². The topological polar surface area (TPSA) is 63.2 Å².